The predicted octanol–water partition coefficient (Wildman–Crippen LogP) is 2.22. The van der Waals surface area contributed by atoms with Crippen LogP contribution in [0.25, 0.3) is 0 Å². The molecule has 1 fully saturated rings. The van der Waals surface area contributed by atoms with Gasteiger partial charge >= 0.3 is 0 Å². The second-order valence-electron chi connectivity index (χ2n) is 4.98. The first-order valence-electron chi connectivity index (χ1n) is 6.59. The highest BCUT2D eigenvalue weighted by Crippen LogP contribution is 2.38. The summed E-state index contributed by atoms with van der Waals surface area (Å²) >= 11 is 2.00. The fourth-order valence-corrected chi connectivity index (χ4v) is 3.58. The topological polar surface area (TPSA) is 24.1 Å². The van der Waals surface area contributed by atoms with Gasteiger partial charge in [0.05, 0.1) is 0 Å². The monoisotopic (exact) mass is 248 g/mol. The summed E-state index contributed by atoms with van der Waals surface area (Å²) in [6.45, 7) is 3.34. The zero-order chi connectivity index (χ0) is 11.5. The van der Waals surface area contributed by atoms with E-state index in [-0.39, 0.29) is 0 Å². The SMILES string of the molecule is c1ccc2c(c1)SCC2CNCCNC1CC1. The summed E-state index contributed by atoms with van der Waals surface area (Å²) < 4.78 is 0. The first-order chi connectivity index (χ1) is 8.43. The van der Waals surface area contributed by atoms with Gasteiger partial charge in [-0.3, -0.25) is 0 Å². The minimum absolute atomic E-state index is 0.706. The van der Waals surface area contributed by atoms with E-state index in [1.54, 1.807) is 5.56 Å². The van der Waals surface area contributed by atoms with Crippen LogP contribution in [-0.4, -0.2) is 31.4 Å². The molecule has 17 heavy (non-hydrogen) atoms. The molecule has 1 atom stereocenters. The van der Waals surface area contributed by atoms with Gasteiger partial charge in [0, 0.05) is 42.2 Å². The standard InChI is InChI=1S/C14H20N2S/c1-2-4-14-13(3-1)11(10-17-14)9-15-7-8-16-12-5-6-12/h1-4,11-12,15-16H,5-10H2. The Morgan fingerprint density at radius 1 is 1.18 bits per heavy atom. The second-order valence-corrected chi connectivity index (χ2v) is 6.04. The molecule has 1 aromatic rings. The Bertz CT molecular complexity index is 376. The molecular formula is C14H20N2S. The molecule has 2 nitrogen and oxygen atoms in total. The molecule has 0 amide bonds. The molecule has 2 N–H and O–H groups in total. The van der Waals surface area contributed by atoms with E-state index >= 15 is 0 Å². The second kappa shape index (κ2) is 5.42. The van der Waals surface area contributed by atoms with Crippen molar-refractivity contribution >= 4 is 11.8 Å². The molecule has 1 unspecified atom stereocenters. The average molecular weight is 248 g/mol. The fraction of sp³-hybridized carbons (Fsp3) is 0.571. The lowest BCUT2D eigenvalue weighted by molar-refractivity contribution is 0.580. The van der Waals surface area contributed by atoms with E-state index in [1.165, 1.54) is 23.5 Å². The van der Waals surface area contributed by atoms with Gasteiger partial charge < -0.3 is 10.6 Å². The molecule has 0 radical (unpaired) electrons. The minimum Gasteiger partial charge on any atom is -0.315 e. The van der Waals surface area contributed by atoms with Crippen LogP contribution in [0.2, 0.25) is 0 Å². The Kier molecular flexibility index (Phi) is 3.69. The predicted molar refractivity (Wildman–Crippen MR) is 73.8 cm³/mol. The highest BCUT2D eigenvalue weighted by molar-refractivity contribution is 7.99. The van der Waals surface area contributed by atoms with E-state index in [2.05, 4.69) is 34.9 Å². The molecule has 0 aromatic heterocycles. The molecule has 1 aliphatic carbocycles. The van der Waals surface area contributed by atoms with Gasteiger partial charge in [-0.05, 0) is 24.5 Å². The third kappa shape index (κ3) is 3.03. The van der Waals surface area contributed by atoms with Crippen LogP contribution >= 0.6 is 11.8 Å². The van der Waals surface area contributed by atoms with Gasteiger partial charge in [-0.25, -0.2) is 0 Å². The average Bonchev–Trinajstić information content (AvgIpc) is 3.09. The van der Waals surface area contributed by atoms with E-state index in [0.717, 1.165) is 25.7 Å². The summed E-state index contributed by atoms with van der Waals surface area (Å²) in [6, 6.07) is 9.66. The quantitative estimate of drug-likeness (QED) is 0.755. The van der Waals surface area contributed by atoms with Crippen molar-refractivity contribution < 1.29 is 0 Å². The number of benzene rings is 1. The van der Waals surface area contributed by atoms with Crippen molar-refractivity contribution in [3.05, 3.63) is 29.8 Å². The van der Waals surface area contributed by atoms with Gasteiger partial charge in [-0.2, -0.15) is 0 Å². The van der Waals surface area contributed by atoms with Crippen LogP contribution in [0, 0.1) is 0 Å². The maximum Gasteiger partial charge on any atom is 0.0108 e. The van der Waals surface area contributed by atoms with Crippen LogP contribution in [0.15, 0.2) is 29.2 Å². The van der Waals surface area contributed by atoms with Crippen LogP contribution in [0.1, 0.15) is 24.3 Å². The van der Waals surface area contributed by atoms with Crippen LogP contribution in [0.5, 0.6) is 0 Å². The number of hydrogen-bond acceptors (Lipinski definition) is 3. The van der Waals surface area contributed by atoms with Gasteiger partial charge in [0.2, 0.25) is 0 Å². The Morgan fingerprint density at radius 3 is 2.94 bits per heavy atom. The number of nitrogens with one attached hydrogen (secondary N) is 2. The molecule has 1 saturated carbocycles. The summed E-state index contributed by atoms with van der Waals surface area (Å²) in [4.78, 5) is 1.48. The molecule has 3 heteroatoms. The highest BCUT2D eigenvalue weighted by Gasteiger charge is 2.22. The summed E-state index contributed by atoms with van der Waals surface area (Å²) in [5.41, 5.74) is 1.54. The molecule has 1 aliphatic heterocycles. The summed E-state index contributed by atoms with van der Waals surface area (Å²) in [5, 5.41) is 7.11. The van der Waals surface area contributed by atoms with E-state index < -0.39 is 0 Å². The van der Waals surface area contributed by atoms with Crippen LogP contribution in [0.4, 0.5) is 0 Å². The first-order valence-corrected chi connectivity index (χ1v) is 7.58. The molecule has 1 aromatic carbocycles. The Balaban J connectivity index is 1.40. The number of thioether (sulfide) groups is 1. The van der Waals surface area contributed by atoms with E-state index in [9.17, 15) is 0 Å². The number of fused-ring (bicyclic) bond motifs is 1. The maximum atomic E-state index is 3.58. The highest BCUT2D eigenvalue weighted by atomic mass is 32.2. The molecule has 0 spiro atoms. The van der Waals surface area contributed by atoms with Crippen LogP contribution in [0.3, 0.4) is 0 Å². The first kappa shape index (κ1) is 11.6. The third-order valence-electron chi connectivity index (χ3n) is 3.50. The van der Waals surface area contributed by atoms with Crippen molar-refractivity contribution in [3.63, 3.8) is 0 Å². The van der Waals surface area contributed by atoms with Crippen molar-refractivity contribution in [2.45, 2.75) is 29.7 Å². The van der Waals surface area contributed by atoms with E-state index in [1.807, 2.05) is 11.8 Å². The van der Waals surface area contributed by atoms with Crippen LogP contribution in [-0.2, 0) is 0 Å². The van der Waals surface area contributed by atoms with Gasteiger partial charge in [-0.1, -0.05) is 18.2 Å². The molecule has 0 bridgehead atoms. The smallest absolute Gasteiger partial charge is 0.0108 e. The molecule has 3 rings (SSSR count). The maximum absolute atomic E-state index is 3.58. The lowest BCUT2D eigenvalue weighted by atomic mass is 10.0. The van der Waals surface area contributed by atoms with Gasteiger partial charge in [0.1, 0.15) is 0 Å². The fourth-order valence-electron chi connectivity index (χ4n) is 2.33. The van der Waals surface area contributed by atoms with Crippen molar-refractivity contribution in [2.75, 3.05) is 25.4 Å². The Labute approximate surface area is 108 Å². The summed E-state index contributed by atoms with van der Waals surface area (Å²) in [6.07, 6.45) is 2.76. The van der Waals surface area contributed by atoms with Crippen LogP contribution < -0.4 is 10.6 Å². The lowest BCUT2D eigenvalue weighted by Crippen LogP contribution is -2.31. The molecule has 2 aliphatic rings. The molecule has 92 valence electrons. The Morgan fingerprint density at radius 2 is 2.06 bits per heavy atom. The number of hydrogen-bond donors (Lipinski definition) is 2. The normalized spacial score (nSPS) is 22.7. The number of rotatable bonds is 6. The van der Waals surface area contributed by atoms with E-state index in [4.69, 9.17) is 0 Å². The zero-order valence-electron chi connectivity index (χ0n) is 10.1. The summed E-state index contributed by atoms with van der Waals surface area (Å²) in [5.74, 6) is 1.94. The largest absolute Gasteiger partial charge is 0.315 e. The van der Waals surface area contributed by atoms with Gasteiger partial charge in [0.15, 0.2) is 0 Å². The van der Waals surface area contributed by atoms with E-state index in [0.29, 0.717) is 5.92 Å². The molecule has 1 heterocycles. The minimum atomic E-state index is 0.706. The van der Waals surface area contributed by atoms with Gasteiger partial charge in [-0.15, -0.1) is 11.8 Å². The Hall–Kier alpha value is -0.510. The van der Waals surface area contributed by atoms with Gasteiger partial charge in [0.25, 0.3) is 0 Å². The third-order valence-corrected chi connectivity index (χ3v) is 4.75. The molecular weight excluding hydrogens is 228 g/mol. The zero-order valence-corrected chi connectivity index (χ0v) is 10.9. The molecule has 0 saturated heterocycles. The summed E-state index contributed by atoms with van der Waals surface area (Å²) in [7, 11) is 0. The lowest BCUT2D eigenvalue weighted by Gasteiger charge is -2.12. The van der Waals surface area contributed by atoms with Crippen molar-refractivity contribution in [3.8, 4) is 0 Å². The van der Waals surface area contributed by atoms with Crippen molar-refractivity contribution in [1.82, 2.24) is 10.6 Å². The van der Waals surface area contributed by atoms with Crippen molar-refractivity contribution in [2.24, 2.45) is 0 Å². The van der Waals surface area contributed by atoms with Crippen molar-refractivity contribution in [1.29, 1.82) is 0 Å².